The number of ether oxygens (including phenoxy) is 3. The molecule has 2 aliphatic heterocycles. The Balaban J connectivity index is 1.07. The Morgan fingerprint density at radius 1 is 1.07 bits per heavy atom. The Morgan fingerprint density at radius 3 is 2.58 bits per heavy atom. The molecule has 1 spiro atoms. The van der Waals surface area contributed by atoms with Crippen molar-refractivity contribution in [3.05, 3.63) is 23.3 Å². The molecule has 1 saturated heterocycles. The number of aliphatic hydroxyl groups is 1. The Hall–Kier alpha value is -2.12. The summed E-state index contributed by atoms with van der Waals surface area (Å²) in [6.45, 7) is 3.96. The molecule has 1 N–H and O–H groups in total. The van der Waals surface area contributed by atoms with Crippen molar-refractivity contribution in [2.24, 2.45) is 5.92 Å². The number of carbonyl (C=O) groups excluding carboxylic acids is 2. The summed E-state index contributed by atoms with van der Waals surface area (Å²) in [5, 5.41) is 12.4. The van der Waals surface area contributed by atoms with Crippen LogP contribution in [0.1, 0.15) is 114 Å². The van der Waals surface area contributed by atoms with Gasteiger partial charge in [-0.1, -0.05) is 64.4 Å². The van der Waals surface area contributed by atoms with E-state index in [-0.39, 0.29) is 24.6 Å². The first-order chi connectivity index (χ1) is 19.5. The highest BCUT2D eigenvalue weighted by Crippen LogP contribution is 2.65. The van der Waals surface area contributed by atoms with Crippen LogP contribution in [0.2, 0.25) is 0 Å². The molecule has 5 aliphatic rings. The molecule has 2 heterocycles. The first-order valence-corrected chi connectivity index (χ1v) is 16.1. The van der Waals surface area contributed by atoms with Gasteiger partial charge in [-0.25, -0.2) is 0 Å². The number of esters is 1. The number of benzene rings is 1. The van der Waals surface area contributed by atoms with Gasteiger partial charge in [-0.3, -0.25) is 14.5 Å². The highest BCUT2D eigenvalue weighted by molar-refractivity contribution is 5.90. The lowest BCUT2D eigenvalue weighted by Crippen LogP contribution is -2.76. The van der Waals surface area contributed by atoms with Gasteiger partial charge in [-0.15, -0.1) is 0 Å². The fraction of sp³-hybridized carbons (Fsp3) is 0.758. The van der Waals surface area contributed by atoms with E-state index in [0.717, 1.165) is 49.4 Å². The van der Waals surface area contributed by atoms with Crippen molar-refractivity contribution in [3.8, 4) is 11.5 Å². The lowest BCUT2D eigenvalue weighted by molar-refractivity contribution is -0.188. The molecule has 4 atom stereocenters. The number of unbranched alkanes of at least 4 members (excludes halogenated alkanes) is 8. The molecule has 3 fully saturated rings. The van der Waals surface area contributed by atoms with Gasteiger partial charge in [0.25, 0.3) is 0 Å². The molecule has 220 valence electrons. The van der Waals surface area contributed by atoms with Crippen LogP contribution in [0.5, 0.6) is 11.5 Å². The molecule has 2 saturated carbocycles. The van der Waals surface area contributed by atoms with Crippen molar-refractivity contribution in [3.63, 3.8) is 0 Å². The lowest BCUT2D eigenvalue weighted by atomic mass is 9.49. The normalized spacial score (nSPS) is 30.1. The Labute approximate surface area is 238 Å². The van der Waals surface area contributed by atoms with Crippen LogP contribution in [0.3, 0.4) is 0 Å². The van der Waals surface area contributed by atoms with Gasteiger partial charge >= 0.3 is 5.97 Å². The minimum atomic E-state index is -0.989. The summed E-state index contributed by atoms with van der Waals surface area (Å²) >= 11 is 0. The number of Topliss-reactive ketones (excluding diaryl/α,β-unsaturated/α-hetero) is 1. The van der Waals surface area contributed by atoms with Crippen LogP contribution in [-0.2, 0) is 26.2 Å². The van der Waals surface area contributed by atoms with Crippen LogP contribution in [0.4, 0.5) is 0 Å². The van der Waals surface area contributed by atoms with E-state index >= 15 is 0 Å². The van der Waals surface area contributed by atoms with Gasteiger partial charge in [0.05, 0.1) is 11.0 Å². The molecule has 0 radical (unpaired) electrons. The van der Waals surface area contributed by atoms with Gasteiger partial charge < -0.3 is 19.3 Å². The smallest absolute Gasteiger partial charge is 0.308 e. The predicted molar refractivity (Wildman–Crippen MR) is 152 cm³/mol. The van der Waals surface area contributed by atoms with Crippen molar-refractivity contribution in [1.29, 1.82) is 0 Å². The fourth-order valence-corrected chi connectivity index (χ4v) is 8.18. The number of nitrogens with zero attached hydrogens (tertiary/aromatic N) is 1. The molecule has 1 unspecified atom stereocenters. The number of hydrogen-bond donors (Lipinski definition) is 1. The van der Waals surface area contributed by atoms with Crippen LogP contribution in [0.25, 0.3) is 0 Å². The fourth-order valence-electron chi connectivity index (χ4n) is 8.18. The van der Waals surface area contributed by atoms with Crippen molar-refractivity contribution in [2.75, 3.05) is 19.9 Å². The van der Waals surface area contributed by atoms with Crippen LogP contribution >= 0.6 is 0 Å². The molecular weight excluding hydrogens is 506 g/mol. The van der Waals surface area contributed by atoms with Crippen LogP contribution < -0.4 is 9.47 Å². The standard InChI is InChI=1S/C33H47NO6/c1-2-3-4-5-6-7-8-9-10-11-28(36)39-22-38-26-15-14-24-20-27-33(37)17-16-25(35)31-32(33,29(24)30(26)40-31)18-19-34(27)21-23-12-13-23/h14-15,23,27,31,37H,2-13,16-22H2,1H3/t27?,31-,32-,33+/m0/s1. The largest absolute Gasteiger partial charge is 0.477 e. The van der Waals surface area contributed by atoms with Crippen molar-refractivity contribution < 1.29 is 28.9 Å². The van der Waals surface area contributed by atoms with E-state index in [1.807, 2.05) is 6.07 Å². The Kier molecular flexibility index (Phi) is 8.15. The molecule has 1 aromatic rings. The van der Waals surface area contributed by atoms with Crippen LogP contribution in [0.15, 0.2) is 12.1 Å². The third-order valence-corrected chi connectivity index (χ3v) is 10.5. The van der Waals surface area contributed by atoms with E-state index < -0.39 is 17.1 Å². The van der Waals surface area contributed by atoms with Gasteiger partial charge in [0.1, 0.15) is 0 Å². The summed E-state index contributed by atoms with van der Waals surface area (Å²) in [6, 6.07) is 3.96. The Morgan fingerprint density at radius 2 is 1.82 bits per heavy atom. The maximum absolute atomic E-state index is 13.2. The van der Waals surface area contributed by atoms with Gasteiger partial charge in [0.2, 0.25) is 6.79 Å². The second-order valence-corrected chi connectivity index (χ2v) is 13.1. The van der Waals surface area contributed by atoms with E-state index in [4.69, 9.17) is 14.2 Å². The number of hydrogen-bond acceptors (Lipinski definition) is 7. The number of ketones is 1. The molecule has 1 aromatic carbocycles. The second-order valence-electron chi connectivity index (χ2n) is 13.1. The molecule has 3 aliphatic carbocycles. The highest BCUT2D eigenvalue weighted by atomic mass is 16.7. The quantitative estimate of drug-likeness (QED) is 0.171. The second kappa shape index (κ2) is 11.6. The molecular formula is C33H47NO6. The summed E-state index contributed by atoms with van der Waals surface area (Å²) in [5.74, 6) is 1.63. The van der Waals surface area contributed by atoms with E-state index in [1.54, 1.807) is 0 Å². The molecule has 40 heavy (non-hydrogen) atoms. The van der Waals surface area contributed by atoms with Gasteiger partial charge in [-0.2, -0.15) is 0 Å². The van der Waals surface area contributed by atoms with Gasteiger partial charge in [0.15, 0.2) is 23.4 Å². The molecule has 2 bridgehead atoms. The summed E-state index contributed by atoms with van der Waals surface area (Å²) in [4.78, 5) is 28.0. The predicted octanol–water partition coefficient (Wildman–Crippen LogP) is 5.62. The summed E-state index contributed by atoms with van der Waals surface area (Å²) in [5.41, 5.74) is 0.408. The summed E-state index contributed by atoms with van der Waals surface area (Å²) in [7, 11) is 0. The number of likely N-dealkylation sites (tertiary alicyclic amines) is 1. The molecule has 7 heteroatoms. The third kappa shape index (κ3) is 4.95. The highest BCUT2D eigenvalue weighted by Gasteiger charge is 2.73. The maximum atomic E-state index is 13.2. The number of piperidine rings is 1. The topological polar surface area (TPSA) is 85.3 Å². The third-order valence-electron chi connectivity index (χ3n) is 10.5. The average molecular weight is 554 g/mol. The lowest BCUT2D eigenvalue weighted by Gasteiger charge is -2.62. The summed E-state index contributed by atoms with van der Waals surface area (Å²) < 4.78 is 17.8. The zero-order valence-electron chi connectivity index (χ0n) is 24.3. The zero-order valence-corrected chi connectivity index (χ0v) is 24.3. The first-order valence-electron chi connectivity index (χ1n) is 16.1. The van der Waals surface area contributed by atoms with E-state index in [1.165, 1.54) is 57.8 Å². The maximum Gasteiger partial charge on any atom is 0.308 e. The van der Waals surface area contributed by atoms with E-state index in [0.29, 0.717) is 37.2 Å². The summed E-state index contributed by atoms with van der Waals surface area (Å²) in [6.07, 6.45) is 15.4. The molecule has 0 aromatic heterocycles. The number of carbonyl (C=O) groups is 2. The molecule has 0 amide bonds. The van der Waals surface area contributed by atoms with E-state index in [9.17, 15) is 14.7 Å². The molecule has 7 nitrogen and oxygen atoms in total. The number of rotatable bonds is 15. The van der Waals surface area contributed by atoms with Crippen molar-refractivity contribution >= 4 is 11.8 Å². The Bertz CT molecular complexity index is 1100. The first kappa shape index (κ1) is 28.0. The van der Waals surface area contributed by atoms with Crippen molar-refractivity contribution in [2.45, 2.75) is 133 Å². The average Bonchev–Trinajstić information content (AvgIpc) is 3.69. The minimum Gasteiger partial charge on any atom is -0.477 e. The van der Waals surface area contributed by atoms with Gasteiger partial charge in [0, 0.05) is 31.0 Å². The van der Waals surface area contributed by atoms with Gasteiger partial charge in [-0.05, 0) is 62.6 Å². The minimum absolute atomic E-state index is 0.00767. The molecule has 6 rings (SSSR count). The van der Waals surface area contributed by atoms with E-state index in [2.05, 4.69) is 17.9 Å². The van der Waals surface area contributed by atoms with Crippen molar-refractivity contribution in [1.82, 2.24) is 4.90 Å². The van der Waals surface area contributed by atoms with Crippen LogP contribution in [0, 0.1) is 5.92 Å². The SMILES string of the molecule is CCCCCCCCCCCC(=O)OCOc1ccc2c3c1O[C@H]1C(=O)CC[C@@]4(O)C(C2)N(CC2CC2)CC[C@]314. The monoisotopic (exact) mass is 553 g/mol. The zero-order chi connectivity index (χ0) is 27.7. The van der Waals surface area contributed by atoms with Crippen LogP contribution in [-0.4, -0.2) is 59.4 Å².